The van der Waals surface area contributed by atoms with E-state index in [1.165, 1.54) is 11.0 Å². The largest absolute Gasteiger partial charge is 0.497 e. The van der Waals surface area contributed by atoms with Gasteiger partial charge in [0.1, 0.15) is 29.2 Å². The summed E-state index contributed by atoms with van der Waals surface area (Å²) in [7, 11) is -2.30. The average molecular weight is 784 g/mol. The Balaban J connectivity index is 1.10. The second-order valence-electron chi connectivity index (χ2n) is 16.0. The van der Waals surface area contributed by atoms with E-state index < -0.39 is 56.6 Å². The van der Waals surface area contributed by atoms with Crippen molar-refractivity contribution >= 4 is 44.6 Å². The Bertz CT molecular complexity index is 2150. The Labute approximate surface area is 327 Å². The van der Waals surface area contributed by atoms with Crippen molar-refractivity contribution in [2.75, 3.05) is 26.7 Å². The number of benzene rings is 2. The molecule has 296 valence electrons. The molecule has 4 amide bonds. The summed E-state index contributed by atoms with van der Waals surface area (Å²) in [5.41, 5.74) is 0.676. The van der Waals surface area contributed by atoms with Crippen LogP contribution in [0.3, 0.4) is 0 Å². The van der Waals surface area contributed by atoms with E-state index in [0.717, 1.165) is 43.1 Å². The van der Waals surface area contributed by atoms with Gasteiger partial charge >= 0.3 is 0 Å². The second kappa shape index (κ2) is 15.2. The van der Waals surface area contributed by atoms with Crippen LogP contribution in [0.1, 0.15) is 64.2 Å². The normalized spacial score (nSPS) is 25.3. The highest BCUT2D eigenvalue weighted by atomic mass is 32.2. The third-order valence-electron chi connectivity index (χ3n) is 12.1. The number of rotatable bonds is 14. The third kappa shape index (κ3) is 7.72. The number of ether oxygens (including phenoxy) is 2. The van der Waals surface area contributed by atoms with Gasteiger partial charge in [-0.15, -0.1) is 6.58 Å². The molecule has 5 fully saturated rings. The fourth-order valence-electron chi connectivity index (χ4n) is 8.36. The number of nitrogens with zero attached hydrogens (tertiary/aromatic N) is 3. The van der Waals surface area contributed by atoms with Crippen LogP contribution >= 0.6 is 0 Å². The molecule has 0 bridgehead atoms. The fraction of sp³-hybridized carbons (Fsp3) is 0.500. The molecule has 2 aromatic carbocycles. The summed E-state index contributed by atoms with van der Waals surface area (Å²) in [4.78, 5) is 64.6. The van der Waals surface area contributed by atoms with Crippen LogP contribution in [-0.4, -0.2) is 96.5 Å². The zero-order chi connectivity index (χ0) is 39.2. The zero-order valence-corrected chi connectivity index (χ0v) is 32.5. The lowest BCUT2D eigenvalue weighted by Gasteiger charge is -2.31. The molecule has 0 unspecified atom stereocenters. The van der Waals surface area contributed by atoms with E-state index in [-0.39, 0.29) is 43.5 Å². The minimum atomic E-state index is -3.88. The molecule has 2 saturated heterocycles. The lowest BCUT2D eigenvalue weighted by Crippen LogP contribution is -2.57. The lowest BCUT2D eigenvalue weighted by molar-refractivity contribution is -0.146. The van der Waals surface area contributed by atoms with Gasteiger partial charge in [-0.3, -0.25) is 23.9 Å². The first-order chi connectivity index (χ1) is 27.0. The smallest absolute Gasteiger partial charge is 0.259 e. The van der Waals surface area contributed by atoms with E-state index in [1.807, 2.05) is 59.5 Å². The van der Waals surface area contributed by atoms with E-state index in [9.17, 15) is 27.6 Å². The maximum absolute atomic E-state index is 14.7. The minimum Gasteiger partial charge on any atom is -0.497 e. The third-order valence-corrected chi connectivity index (χ3v) is 13.9. The first-order valence-electron chi connectivity index (χ1n) is 19.8. The van der Waals surface area contributed by atoms with Crippen molar-refractivity contribution in [2.45, 2.75) is 87.1 Å². The molecular weight excluding hydrogens is 735 g/mol. The number of methoxy groups -OCH3 is 1. The number of fused-ring (bicyclic) bond motifs is 1. The van der Waals surface area contributed by atoms with Gasteiger partial charge in [0.2, 0.25) is 27.7 Å². The van der Waals surface area contributed by atoms with Crippen molar-refractivity contribution in [3.05, 3.63) is 67.3 Å². The first-order valence-corrected chi connectivity index (χ1v) is 21.3. The van der Waals surface area contributed by atoms with Crippen LogP contribution in [0.15, 0.2) is 67.3 Å². The molecule has 5 atom stereocenters. The predicted octanol–water partition coefficient (Wildman–Crippen LogP) is 4.36. The molecule has 5 aliphatic rings. The molecule has 3 aromatic rings. The summed E-state index contributed by atoms with van der Waals surface area (Å²) in [6.07, 6.45) is 6.80. The van der Waals surface area contributed by atoms with Gasteiger partial charge in [-0.25, -0.2) is 13.4 Å². The van der Waals surface area contributed by atoms with Crippen molar-refractivity contribution in [1.29, 1.82) is 0 Å². The van der Waals surface area contributed by atoms with Gasteiger partial charge in [-0.2, -0.15) is 0 Å². The number of pyridine rings is 1. The lowest BCUT2D eigenvalue weighted by atomic mass is 9.95. The average Bonchev–Trinajstić information content (AvgIpc) is 4.10. The van der Waals surface area contributed by atoms with Gasteiger partial charge in [0.05, 0.1) is 30.1 Å². The number of likely N-dealkylation sites (tertiary alicyclic amines) is 2. The van der Waals surface area contributed by atoms with Crippen molar-refractivity contribution < 1.29 is 37.1 Å². The van der Waals surface area contributed by atoms with E-state index >= 15 is 0 Å². The maximum atomic E-state index is 14.7. The van der Waals surface area contributed by atoms with E-state index in [1.54, 1.807) is 7.11 Å². The van der Waals surface area contributed by atoms with Crippen LogP contribution in [-0.2, 0) is 29.2 Å². The summed E-state index contributed by atoms with van der Waals surface area (Å²) in [5, 5.41) is 2.97. The van der Waals surface area contributed by atoms with Crippen molar-refractivity contribution in [3.8, 4) is 22.8 Å². The summed E-state index contributed by atoms with van der Waals surface area (Å²) < 4.78 is 40.0. The van der Waals surface area contributed by atoms with Crippen molar-refractivity contribution in [2.24, 2.45) is 17.8 Å². The van der Waals surface area contributed by atoms with Gasteiger partial charge in [-0.05, 0) is 69.4 Å². The summed E-state index contributed by atoms with van der Waals surface area (Å²) in [5.74, 6) is -1.63. The molecule has 13 nitrogen and oxygen atoms in total. The number of hydrogen-bond donors (Lipinski definition) is 2. The SMILES string of the molecule is C=C[C@@H]1C[C@]1(NC(=O)[C@@H]1C[C@@H](Oc2cc(-c3ccccc3)nc3cc(OC)ccc23)CN1C(=O)[C@@H](CC(=O)N1CCCCC1)C1CC1)C(=O)NS(=O)(=O)C1CC1. The van der Waals surface area contributed by atoms with Gasteiger partial charge in [0.15, 0.2) is 0 Å². The van der Waals surface area contributed by atoms with Crippen LogP contribution in [0.4, 0.5) is 0 Å². The molecule has 3 saturated carbocycles. The Morgan fingerprint density at radius 2 is 1.77 bits per heavy atom. The molecule has 1 aromatic heterocycles. The number of aromatic nitrogens is 1. The Morgan fingerprint density at radius 3 is 2.43 bits per heavy atom. The van der Waals surface area contributed by atoms with Crippen molar-refractivity contribution in [3.63, 3.8) is 0 Å². The highest BCUT2D eigenvalue weighted by Gasteiger charge is 2.62. The van der Waals surface area contributed by atoms with Crippen LogP contribution < -0.4 is 19.5 Å². The number of sulfonamides is 1. The number of carbonyl (C=O) groups excluding carboxylic acids is 4. The molecule has 8 rings (SSSR count). The van der Waals surface area contributed by atoms with Gasteiger partial charge < -0.3 is 24.6 Å². The molecule has 56 heavy (non-hydrogen) atoms. The van der Waals surface area contributed by atoms with Crippen LogP contribution in [0.25, 0.3) is 22.2 Å². The van der Waals surface area contributed by atoms with Gasteiger partial charge in [-0.1, -0.05) is 36.4 Å². The molecule has 2 N–H and O–H groups in total. The quantitative estimate of drug-likeness (QED) is 0.226. The van der Waals surface area contributed by atoms with E-state index in [0.29, 0.717) is 48.6 Å². The first kappa shape index (κ1) is 37.9. The zero-order valence-electron chi connectivity index (χ0n) is 31.7. The number of piperidine rings is 1. The highest BCUT2D eigenvalue weighted by Crippen LogP contribution is 2.46. The number of nitrogens with one attached hydrogen (secondary N) is 2. The molecule has 14 heteroatoms. The molecular formula is C42H49N5O8S. The van der Waals surface area contributed by atoms with E-state index in [2.05, 4.69) is 16.6 Å². The van der Waals surface area contributed by atoms with Gasteiger partial charge in [0, 0.05) is 60.8 Å². The highest BCUT2D eigenvalue weighted by molar-refractivity contribution is 7.91. The van der Waals surface area contributed by atoms with Crippen molar-refractivity contribution in [1.82, 2.24) is 24.8 Å². The Hall–Kier alpha value is -4.98. The Morgan fingerprint density at radius 1 is 1.02 bits per heavy atom. The molecule has 0 spiro atoms. The monoisotopic (exact) mass is 783 g/mol. The summed E-state index contributed by atoms with van der Waals surface area (Å²) in [6.45, 7) is 5.24. The standard InChI is InChI=1S/C42H49N5O8S/c1-3-28-24-42(28,41(51)45-56(52,53)31-15-16-31)44-39(49)36-21-30(25-47(36)40(50)33(26-12-13-26)22-38(48)46-18-8-5-9-19-46)55-37-23-34(27-10-6-4-7-11-27)43-35-20-29(54-2)14-17-32(35)37/h3-4,6-7,10-11,14,17,20,23,26,28,30-31,33,36H,1,5,8-9,12-13,15-16,18-19,21-22,24-25H2,2H3,(H,44,49)(H,45,51)/t28-,30-,33+,36+,42-/m1/s1. The van der Waals surface area contributed by atoms with Gasteiger partial charge in [0.25, 0.3) is 5.91 Å². The van der Waals surface area contributed by atoms with Crippen LogP contribution in [0, 0.1) is 17.8 Å². The second-order valence-corrected chi connectivity index (χ2v) is 18.0. The molecule has 3 aliphatic carbocycles. The fourth-order valence-corrected chi connectivity index (χ4v) is 9.72. The van der Waals surface area contributed by atoms with Crippen LogP contribution in [0.5, 0.6) is 11.5 Å². The number of hydrogen-bond acceptors (Lipinski definition) is 9. The number of amides is 4. The Kier molecular flexibility index (Phi) is 10.3. The number of carbonyl (C=O) groups is 4. The minimum absolute atomic E-state index is 0.0331. The summed E-state index contributed by atoms with van der Waals surface area (Å²) in [6, 6.07) is 16.0. The summed E-state index contributed by atoms with van der Waals surface area (Å²) >= 11 is 0. The molecule has 2 aliphatic heterocycles. The van der Waals surface area contributed by atoms with Crippen LogP contribution in [0.2, 0.25) is 0 Å². The molecule has 0 radical (unpaired) electrons. The maximum Gasteiger partial charge on any atom is 0.259 e. The van der Waals surface area contributed by atoms with E-state index in [4.69, 9.17) is 14.5 Å². The topological polar surface area (TPSA) is 164 Å². The molecule has 3 heterocycles. The predicted molar refractivity (Wildman–Crippen MR) is 209 cm³/mol.